The molecule has 1 N–H and O–H groups in total. The van der Waals surface area contributed by atoms with Gasteiger partial charge in [-0.05, 0) is 13.3 Å². The highest BCUT2D eigenvalue weighted by Crippen LogP contribution is 2.26. The molecule has 0 heterocycles. The Morgan fingerprint density at radius 1 is 1.36 bits per heavy atom. The topological polar surface area (TPSA) is 12.0 Å². The summed E-state index contributed by atoms with van der Waals surface area (Å²) < 4.78 is 35.8. The molecule has 0 amide bonds. The van der Waals surface area contributed by atoms with E-state index in [1.165, 1.54) is 6.92 Å². The zero-order valence-electron chi connectivity index (χ0n) is 6.63. The lowest BCUT2D eigenvalue weighted by Crippen LogP contribution is -2.15. The second-order valence-corrected chi connectivity index (χ2v) is 2.08. The van der Waals surface area contributed by atoms with Crippen LogP contribution in [0.1, 0.15) is 20.3 Å². The van der Waals surface area contributed by atoms with E-state index in [-0.39, 0.29) is 6.42 Å². The van der Waals surface area contributed by atoms with Crippen LogP contribution in [0, 0.1) is 0 Å². The van der Waals surface area contributed by atoms with Crippen LogP contribution in [0.5, 0.6) is 0 Å². The van der Waals surface area contributed by atoms with Gasteiger partial charge in [0.2, 0.25) is 0 Å². The molecule has 0 radical (unpaired) electrons. The van der Waals surface area contributed by atoms with Gasteiger partial charge in [0.05, 0.1) is 0 Å². The van der Waals surface area contributed by atoms with Crippen molar-refractivity contribution in [1.29, 1.82) is 0 Å². The van der Waals surface area contributed by atoms with Crippen molar-refractivity contribution in [3.8, 4) is 0 Å². The van der Waals surface area contributed by atoms with Crippen LogP contribution < -0.4 is 5.32 Å². The van der Waals surface area contributed by atoms with Gasteiger partial charge in [0, 0.05) is 18.3 Å². The number of rotatable bonds is 3. The molecule has 4 heteroatoms. The summed E-state index contributed by atoms with van der Waals surface area (Å²) in [4.78, 5) is 0. The summed E-state index contributed by atoms with van der Waals surface area (Å²) >= 11 is 0. The Kier molecular flexibility index (Phi) is 4.00. The molecule has 1 nitrogen and oxygen atoms in total. The smallest absolute Gasteiger partial charge is 0.391 e. The minimum absolute atomic E-state index is 0.0104. The maximum atomic E-state index is 11.9. The SMILES string of the molecule is CCN/C=C(\CC)C(F)(F)F. The van der Waals surface area contributed by atoms with E-state index in [9.17, 15) is 13.2 Å². The lowest BCUT2D eigenvalue weighted by molar-refractivity contribution is -0.0939. The first-order chi connectivity index (χ1) is 5.02. The normalized spacial score (nSPS) is 13.4. The average molecular weight is 167 g/mol. The first-order valence-electron chi connectivity index (χ1n) is 3.52. The molecule has 0 spiro atoms. The molecule has 0 bridgehead atoms. The molecule has 0 aromatic carbocycles. The number of nitrogens with one attached hydrogen (secondary N) is 1. The number of hydrogen-bond acceptors (Lipinski definition) is 1. The monoisotopic (exact) mass is 167 g/mol. The van der Waals surface area contributed by atoms with E-state index in [1.807, 2.05) is 0 Å². The lowest BCUT2D eigenvalue weighted by atomic mass is 10.2. The van der Waals surface area contributed by atoms with E-state index in [0.717, 1.165) is 6.20 Å². The summed E-state index contributed by atoms with van der Waals surface area (Å²) in [7, 11) is 0. The fourth-order valence-corrected chi connectivity index (χ4v) is 0.610. The number of halogens is 3. The summed E-state index contributed by atoms with van der Waals surface area (Å²) in [6.45, 7) is 3.75. The van der Waals surface area contributed by atoms with Crippen molar-refractivity contribution in [3.05, 3.63) is 11.8 Å². The first-order valence-corrected chi connectivity index (χ1v) is 3.52. The van der Waals surface area contributed by atoms with Gasteiger partial charge in [-0.2, -0.15) is 13.2 Å². The molecular formula is C7H12F3N. The van der Waals surface area contributed by atoms with Crippen molar-refractivity contribution >= 4 is 0 Å². The highest BCUT2D eigenvalue weighted by atomic mass is 19.4. The van der Waals surface area contributed by atoms with Crippen molar-refractivity contribution < 1.29 is 13.2 Å². The van der Waals surface area contributed by atoms with Crippen LogP contribution in [0.4, 0.5) is 13.2 Å². The van der Waals surface area contributed by atoms with Gasteiger partial charge in [-0.25, -0.2) is 0 Å². The molecular weight excluding hydrogens is 155 g/mol. The highest BCUT2D eigenvalue weighted by molar-refractivity contribution is 5.06. The largest absolute Gasteiger partial charge is 0.414 e. The van der Waals surface area contributed by atoms with E-state index in [2.05, 4.69) is 5.32 Å². The van der Waals surface area contributed by atoms with Crippen LogP contribution in [-0.4, -0.2) is 12.7 Å². The van der Waals surface area contributed by atoms with Crippen molar-refractivity contribution in [3.63, 3.8) is 0 Å². The second-order valence-electron chi connectivity index (χ2n) is 2.08. The molecule has 0 aliphatic heterocycles. The van der Waals surface area contributed by atoms with Gasteiger partial charge in [0.25, 0.3) is 0 Å². The Labute approximate surface area is 64.3 Å². The molecule has 0 rings (SSSR count). The molecule has 0 atom stereocenters. The third-order valence-corrected chi connectivity index (χ3v) is 1.23. The summed E-state index contributed by atoms with van der Waals surface area (Å²) in [5, 5.41) is 2.52. The maximum absolute atomic E-state index is 11.9. The van der Waals surface area contributed by atoms with Gasteiger partial charge in [-0.3, -0.25) is 0 Å². The van der Waals surface area contributed by atoms with Gasteiger partial charge in [0.1, 0.15) is 0 Å². The number of alkyl halides is 3. The van der Waals surface area contributed by atoms with E-state index in [4.69, 9.17) is 0 Å². The van der Waals surface area contributed by atoms with E-state index >= 15 is 0 Å². The van der Waals surface area contributed by atoms with Crippen LogP contribution in [0.25, 0.3) is 0 Å². The standard InChI is InChI=1S/C7H12F3N/c1-3-6(5-11-4-2)7(8,9)10/h5,11H,3-4H2,1-2H3/b6-5+. The summed E-state index contributed by atoms with van der Waals surface area (Å²) in [5.41, 5.74) is -0.514. The quantitative estimate of drug-likeness (QED) is 0.680. The fourth-order valence-electron chi connectivity index (χ4n) is 0.610. The zero-order valence-corrected chi connectivity index (χ0v) is 6.63. The molecule has 0 saturated carbocycles. The molecule has 0 aliphatic rings. The molecule has 0 unspecified atom stereocenters. The predicted octanol–water partition coefficient (Wildman–Crippen LogP) is 2.45. The van der Waals surface area contributed by atoms with Crippen LogP contribution in [0.15, 0.2) is 11.8 Å². The minimum atomic E-state index is -4.18. The minimum Gasteiger partial charge on any atom is -0.391 e. The van der Waals surface area contributed by atoms with Crippen LogP contribution >= 0.6 is 0 Å². The molecule has 0 saturated heterocycles. The van der Waals surface area contributed by atoms with Crippen molar-refractivity contribution in [2.75, 3.05) is 6.54 Å². The van der Waals surface area contributed by atoms with Gasteiger partial charge in [-0.1, -0.05) is 6.92 Å². The maximum Gasteiger partial charge on any atom is 0.414 e. The van der Waals surface area contributed by atoms with E-state index in [0.29, 0.717) is 6.54 Å². The van der Waals surface area contributed by atoms with Crippen molar-refractivity contribution in [1.82, 2.24) is 5.32 Å². The van der Waals surface area contributed by atoms with Gasteiger partial charge < -0.3 is 5.32 Å². The second kappa shape index (κ2) is 4.26. The Balaban J connectivity index is 4.16. The molecule has 0 aromatic heterocycles. The van der Waals surface area contributed by atoms with Gasteiger partial charge in [-0.15, -0.1) is 0 Å². The predicted molar refractivity (Wildman–Crippen MR) is 38.1 cm³/mol. The Bertz CT molecular complexity index is 137. The molecule has 0 fully saturated rings. The number of allylic oxidation sites excluding steroid dienone is 1. The fraction of sp³-hybridized carbons (Fsp3) is 0.714. The summed E-state index contributed by atoms with van der Waals surface area (Å²) in [6, 6.07) is 0. The number of hydrogen-bond donors (Lipinski definition) is 1. The third kappa shape index (κ3) is 3.91. The van der Waals surface area contributed by atoms with Crippen molar-refractivity contribution in [2.45, 2.75) is 26.4 Å². The highest BCUT2D eigenvalue weighted by Gasteiger charge is 2.31. The Morgan fingerprint density at radius 3 is 2.18 bits per heavy atom. The van der Waals surface area contributed by atoms with Crippen LogP contribution in [0.2, 0.25) is 0 Å². The van der Waals surface area contributed by atoms with E-state index < -0.39 is 11.7 Å². The molecule has 0 aliphatic carbocycles. The zero-order chi connectivity index (χ0) is 8.91. The lowest BCUT2D eigenvalue weighted by Gasteiger charge is -2.09. The summed E-state index contributed by atoms with van der Waals surface area (Å²) in [6.07, 6.45) is -3.15. The Morgan fingerprint density at radius 2 is 1.91 bits per heavy atom. The summed E-state index contributed by atoms with van der Waals surface area (Å²) in [5.74, 6) is 0. The van der Waals surface area contributed by atoms with Gasteiger partial charge >= 0.3 is 6.18 Å². The third-order valence-electron chi connectivity index (χ3n) is 1.23. The molecule has 0 aromatic rings. The molecule has 11 heavy (non-hydrogen) atoms. The van der Waals surface area contributed by atoms with Crippen LogP contribution in [-0.2, 0) is 0 Å². The molecule has 66 valence electrons. The van der Waals surface area contributed by atoms with E-state index in [1.54, 1.807) is 6.92 Å². The Hall–Kier alpha value is -0.670. The first kappa shape index (κ1) is 10.3. The van der Waals surface area contributed by atoms with Gasteiger partial charge in [0.15, 0.2) is 0 Å². The average Bonchev–Trinajstić information content (AvgIpc) is 1.87. The van der Waals surface area contributed by atoms with Crippen molar-refractivity contribution in [2.24, 2.45) is 0 Å². The van der Waals surface area contributed by atoms with Crippen LogP contribution in [0.3, 0.4) is 0 Å².